The summed E-state index contributed by atoms with van der Waals surface area (Å²) in [6.45, 7) is 5.53. The Morgan fingerprint density at radius 3 is 2.71 bits per heavy atom. The van der Waals surface area contributed by atoms with Gasteiger partial charge >= 0.3 is 0 Å². The molecule has 2 rings (SSSR count). The van der Waals surface area contributed by atoms with Crippen LogP contribution in [0.5, 0.6) is 0 Å². The molecule has 0 N–H and O–H groups in total. The third kappa shape index (κ3) is 2.01. The van der Waals surface area contributed by atoms with Crippen LogP contribution in [0.4, 0.5) is 0 Å². The molecule has 1 aromatic heterocycles. The van der Waals surface area contributed by atoms with E-state index in [1.54, 1.807) is 12.3 Å². The van der Waals surface area contributed by atoms with Crippen LogP contribution in [0.1, 0.15) is 23.6 Å². The Morgan fingerprint density at radius 1 is 1.35 bits per heavy atom. The van der Waals surface area contributed by atoms with Gasteiger partial charge in [0.15, 0.2) is 11.4 Å². The maximum absolute atomic E-state index is 11.0. The summed E-state index contributed by atoms with van der Waals surface area (Å²) in [5.41, 5.74) is 3.72. The van der Waals surface area contributed by atoms with Gasteiger partial charge in [-0.05, 0) is 50.1 Å². The summed E-state index contributed by atoms with van der Waals surface area (Å²) in [4.78, 5) is 11.0. The Labute approximate surface area is 105 Å². The molecule has 0 amide bonds. The lowest BCUT2D eigenvalue weighted by molar-refractivity contribution is -0.112. The molecule has 2 nitrogen and oxygen atoms in total. The second-order valence-corrected chi connectivity index (χ2v) is 4.46. The highest BCUT2D eigenvalue weighted by molar-refractivity contribution is 6.36. The van der Waals surface area contributed by atoms with Crippen LogP contribution in [0.15, 0.2) is 22.8 Å². The molecule has 0 bridgehead atoms. The van der Waals surface area contributed by atoms with E-state index in [4.69, 9.17) is 16.0 Å². The zero-order valence-electron chi connectivity index (χ0n) is 10.0. The van der Waals surface area contributed by atoms with E-state index in [0.717, 1.165) is 22.1 Å². The second-order valence-electron chi connectivity index (χ2n) is 4.09. The molecule has 2 aromatic rings. The minimum Gasteiger partial charge on any atom is -0.463 e. The third-order valence-corrected chi connectivity index (χ3v) is 3.33. The van der Waals surface area contributed by atoms with Gasteiger partial charge in [-0.2, -0.15) is 0 Å². The molecular weight excluding hydrogens is 236 g/mol. The highest BCUT2D eigenvalue weighted by Gasteiger charge is 2.13. The van der Waals surface area contributed by atoms with Crippen molar-refractivity contribution in [2.75, 3.05) is 0 Å². The molecule has 0 unspecified atom stereocenters. The van der Waals surface area contributed by atoms with Gasteiger partial charge in [-0.3, -0.25) is 4.79 Å². The lowest BCUT2D eigenvalue weighted by atomic mass is 9.99. The first kappa shape index (κ1) is 11.9. The average Bonchev–Trinajstić information content (AvgIpc) is 2.75. The van der Waals surface area contributed by atoms with Gasteiger partial charge < -0.3 is 4.42 Å². The van der Waals surface area contributed by atoms with E-state index in [-0.39, 0.29) is 5.78 Å². The molecule has 0 atom stereocenters. The predicted octanol–water partition coefficient (Wildman–Crippen LogP) is 4.31. The summed E-state index contributed by atoms with van der Waals surface area (Å²) in [5.74, 6) is -0.00217. The molecule has 0 aliphatic rings. The highest BCUT2D eigenvalue weighted by Crippen LogP contribution is 2.34. The maximum Gasteiger partial charge on any atom is 0.153 e. The Morgan fingerprint density at radius 2 is 2.06 bits per heavy atom. The van der Waals surface area contributed by atoms with Gasteiger partial charge in [0.25, 0.3) is 0 Å². The van der Waals surface area contributed by atoms with E-state index in [1.165, 1.54) is 13.0 Å². The molecule has 3 heteroatoms. The number of fused-ring (bicyclic) bond motifs is 1. The van der Waals surface area contributed by atoms with E-state index >= 15 is 0 Å². The number of carbonyl (C=O) groups excluding carboxylic acids is 1. The Hall–Kier alpha value is -1.54. The lowest BCUT2D eigenvalue weighted by Gasteiger charge is -2.08. The normalized spacial score (nSPS) is 11.5. The number of hydrogen-bond donors (Lipinski definition) is 0. The zero-order valence-corrected chi connectivity index (χ0v) is 10.8. The van der Waals surface area contributed by atoms with Crippen LogP contribution in [0.25, 0.3) is 17.0 Å². The molecule has 0 saturated heterocycles. The van der Waals surface area contributed by atoms with E-state index < -0.39 is 0 Å². The summed E-state index contributed by atoms with van der Waals surface area (Å²) < 4.78 is 5.38. The Kier molecular flexibility index (Phi) is 3.07. The second kappa shape index (κ2) is 4.38. The number of ketones is 1. The average molecular weight is 249 g/mol. The van der Waals surface area contributed by atoms with Crippen molar-refractivity contribution in [3.8, 4) is 0 Å². The molecule has 0 spiro atoms. The molecule has 0 aliphatic carbocycles. The molecule has 1 aromatic carbocycles. The van der Waals surface area contributed by atoms with Gasteiger partial charge in [-0.1, -0.05) is 11.6 Å². The van der Waals surface area contributed by atoms with Gasteiger partial charge in [0.05, 0.1) is 11.3 Å². The minimum atomic E-state index is -0.00217. The van der Waals surface area contributed by atoms with Crippen molar-refractivity contribution in [2.45, 2.75) is 20.8 Å². The van der Waals surface area contributed by atoms with Crippen LogP contribution in [0.2, 0.25) is 5.02 Å². The van der Waals surface area contributed by atoms with Crippen molar-refractivity contribution in [1.29, 1.82) is 0 Å². The fourth-order valence-corrected chi connectivity index (χ4v) is 2.22. The first-order valence-corrected chi connectivity index (χ1v) is 5.74. The number of aryl methyl sites for hydroxylation is 1. The lowest BCUT2D eigenvalue weighted by Crippen LogP contribution is -1.90. The topological polar surface area (TPSA) is 30.2 Å². The zero-order chi connectivity index (χ0) is 12.6. The maximum atomic E-state index is 11.0. The number of allylic oxidation sites excluding steroid dienone is 1. The van der Waals surface area contributed by atoms with Gasteiger partial charge in [0, 0.05) is 10.9 Å². The van der Waals surface area contributed by atoms with E-state index in [0.29, 0.717) is 10.6 Å². The van der Waals surface area contributed by atoms with Crippen LogP contribution in [0.3, 0.4) is 0 Å². The number of hydrogen-bond acceptors (Lipinski definition) is 2. The standard InChI is InChI=1S/C14H13ClO2/c1-8(16)4-5-11-9(2)10(3)12-6-7-17-14(12)13(11)15/h4-7H,1-3H3. The molecule has 0 saturated carbocycles. The Balaban J connectivity index is 2.74. The number of carbonyl (C=O) groups is 1. The third-order valence-electron chi connectivity index (χ3n) is 2.96. The van der Waals surface area contributed by atoms with E-state index in [1.807, 2.05) is 19.9 Å². The molecule has 17 heavy (non-hydrogen) atoms. The highest BCUT2D eigenvalue weighted by atomic mass is 35.5. The largest absolute Gasteiger partial charge is 0.463 e. The number of benzene rings is 1. The van der Waals surface area contributed by atoms with Crippen LogP contribution >= 0.6 is 11.6 Å². The van der Waals surface area contributed by atoms with Gasteiger partial charge in [-0.25, -0.2) is 0 Å². The fraction of sp³-hybridized carbons (Fsp3) is 0.214. The fourth-order valence-electron chi connectivity index (χ4n) is 1.86. The quantitative estimate of drug-likeness (QED) is 0.742. The summed E-state index contributed by atoms with van der Waals surface area (Å²) in [5, 5.41) is 1.58. The number of halogens is 1. The summed E-state index contributed by atoms with van der Waals surface area (Å²) in [7, 11) is 0. The number of furan rings is 1. The van der Waals surface area contributed by atoms with Crippen LogP contribution < -0.4 is 0 Å². The van der Waals surface area contributed by atoms with E-state index in [9.17, 15) is 4.79 Å². The molecule has 0 fully saturated rings. The van der Waals surface area contributed by atoms with Gasteiger partial charge in [-0.15, -0.1) is 0 Å². The number of rotatable bonds is 2. The monoisotopic (exact) mass is 248 g/mol. The first-order valence-electron chi connectivity index (χ1n) is 5.37. The van der Waals surface area contributed by atoms with Gasteiger partial charge in [0.1, 0.15) is 0 Å². The molecule has 0 radical (unpaired) electrons. The Bertz CT molecular complexity index is 621. The molecule has 88 valence electrons. The van der Waals surface area contributed by atoms with Crippen molar-refractivity contribution in [3.63, 3.8) is 0 Å². The van der Waals surface area contributed by atoms with Crippen molar-refractivity contribution >= 4 is 34.4 Å². The van der Waals surface area contributed by atoms with Crippen LogP contribution in [-0.4, -0.2) is 5.78 Å². The van der Waals surface area contributed by atoms with Crippen molar-refractivity contribution in [2.24, 2.45) is 0 Å². The minimum absolute atomic E-state index is 0.00217. The predicted molar refractivity (Wildman–Crippen MR) is 70.4 cm³/mol. The molecule has 0 aliphatic heterocycles. The SMILES string of the molecule is CC(=O)C=Cc1c(C)c(C)c2ccoc2c1Cl. The molecular formula is C14H13ClO2. The van der Waals surface area contributed by atoms with Crippen LogP contribution in [-0.2, 0) is 4.79 Å². The van der Waals surface area contributed by atoms with Gasteiger partial charge in [0.2, 0.25) is 0 Å². The van der Waals surface area contributed by atoms with Crippen molar-refractivity contribution in [3.05, 3.63) is 40.1 Å². The summed E-state index contributed by atoms with van der Waals surface area (Å²) in [6, 6.07) is 1.90. The van der Waals surface area contributed by atoms with Crippen molar-refractivity contribution < 1.29 is 9.21 Å². The van der Waals surface area contributed by atoms with Crippen LogP contribution in [0, 0.1) is 13.8 Å². The summed E-state index contributed by atoms with van der Waals surface area (Å²) in [6.07, 6.45) is 4.89. The smallest absolute Gasteiger partial charge is 0.153 e. The van der Waals surface area contributed by atoms with E-state index in [2.05, 4.69) is 0 Å². The summed E-state index contributed by atoms with van der Waals surface area (Å²) >= 11 is 6.29. The first-order chi connectivity index (χ1) is 8.02. The molecule has 1 heterocycles. The van der Waals surface area contributed by atoms with Crippen molar-refractivity contribution in [1.82, 2.24) is 0 Å².